The van der Waals surface area contributed by atoms with Crippen LogP contribution in [0.3, 0.4) is 0 Å². The van der Waals surface area contributed by atoms with Gasteiger partial charge in [0.25, 0.3) is 0 Å². The Balaban J connectivity index is 2.23. The Kier molecular flexibility index (Phi) is 2.14. The molecule has 0 saturated carbocycles. The van der Waals surface area contributed by atoms with E-state index in [0.717, 1.165) is 5.02 Å². The number of fused-ring (bicyclic) bond motifs is 4. The average Bonchev–Trinajstić information content (AvgIpc) is 2.72. The van der Waals surface area contributed by atoms with Crippen LogP contribution in [0.1, 0.15) is 0 Å². The molecule has 1 heterocycles. The topological polar surface area (TPSA) is 0 Å². The van der Waals surface area contributed by atoms with Crippen molar-refractivity contribution in [1.82, 2.24) is 0 Å². The highest BCUT2D eigenvalue weighted by Gasteiger charge is 2.06. The van der Waals surface area contributed by atoms with E-state index in [0.29, 0.717) is 0 Å². The highest BCUT2D eigenvalue weighted by Crippen LogP contribution is 2.37. The van der Waals surface area contributed by atoms with Gasteiger partial charge in [-0.1, -0.05) is 41.9 Å². The molecule has 0 aliphatic rings. The minimum atomic E-state index is 0.804. The molecule has 0 nitrogen and oxygen atoms in total. The van der Waals surface area contributed by atoms with Crippen LogP contribution in [0.15, 0.2) is 54.6 Å². The van der Waals surface area contributed by atoms with Crippen LogP contribution in [0.4, 0.5) is 0 Å². The molecule has 0 aliphatic heterocycles. The van der Waals surface area contributed by atoms with Crippen LogP contribution < -0.4 is 0 Å². The normalized spacial score (nSPS) is 11.6. The molecule has 4 rings (SSSR count). The Bertz CT molecular complexity index is 889. The van der Waals surface area contributed by atoms with E-state index in [-0.39, 0.29) is 0 Å². The molecule has 3 aromatic carbocycles. The van der Waals surface area contributed by atoms with Gasteiger partial charge >= 0.3 is 0 Å². The molecule has 0 amide bonds. The second-order valence-electron chi connectivity index (χ2n) is 4.44. The number of benzene rings is 3. The first-order chi connectivity index (χ1) is 8.81. The lowest BCUT2D eigenvalue weighted by Gasteiger charge is -1.98. The standard InChI is InChI=1S/C16H9ClS/c17-12-5-6-13-14-7-10-3-1-2-4-11(10)8-15(14)18-16(13)9-12/h1-9H. The molecular formula is C16H9ClS. The van der Waals surface area contributed by atoms with E-state index < -0.39 is 0 Å². The second kappa shape index (κ2) is 3.71. The maximum Gasteiger partial charge on any atom is 0.0420 e. The zero-order valence-corrected chi connectivity index (χ0v) is 11.1. The summed E-state index contributed by atoms with van der Waals surface area (Å²) >= 11 is 7.86. The monoisotopic (exact) mass is 268 g/mol. The van der Waals surface area contributed by atoms with Gasteiger partial charge in [0.1, 0.15) is 0 Å². The van der Waals surface area contributed by atoms with E-state index in [1.807, 2.05) is 12.1 Å². The third kappa shape index (κ3) is 1.45. The quantitative estimate of drug-likeness (QED) is 0.375. The molecule has 0 N–H and O–H groups in total. The van der Waals surface area contributed by atoms with Crippen LogP contribution in [0.2, 0.25) is 5.02 Å². The van der Waals surface area contributed by atoms with Gasteiger partial charge in [-0.05, 0) is 35.0 Å². The minimum absolute atomic E-state index is 0.804. The van der Waals surface area contributed by atoms with Gasteiger partial charge in [0.2, 0.25) is 0 Å². The van der Waals surface area contributed by atoms with Crippen molar-refractivity contribution in [2.45, 2.75) is 0 Å². The van der Waals surface area contributed by atoms with E-state index in [9.17, 15) is 0 Å². The summed E-state index contributed by atoms with van der Waals surface area (Å²) in [6.07, 6.45) is 0. The summed E-state index contributed by atoms with van der Waals surface area (Å²) in [7, 11) is 0. The van der Waals surface area contributed by atoms with Gasteiger partial charge in [-0.2, -0.15) is 0 Å². The second-order valence-corrected chi connectivity index (χ2v) is 5.96. The van der Waals surface area contributed by atoms with Gasteiger partial charge in [0.15, 0.2) is 0 Å². The lowest BCUT2D eigenvalue weighted by molar-refractivity contribution is 1.81. The first-order valence-electron chi connectivity index (χ1n) is 5.82. The van der Waals surface area contributed by atoms with Gasteiger partial charge < -0.3 is 0 Å². The number of thiophene rings is 1. The van der Waals surface area contributed by atoms with E-state index in [4.69, 9.17) is 11.6 Å². The van der Waals surface area contributed by atoms with Gasteiger partial charge in [-0.25, -0.2) is 0 Å². The van der Waals surface area contributed by atoms with Crippen molar-refractivity contribution in [3.63, 3.8) is 0 Å². The van der Waals surface area contributed by atoms with Crippen LogP contribution in [0, 0.1) is 0 Å². The number of hydrogen-bond donors (Lipinski definition) is 0. The van der Waals surface area contributed by atoms with Crippen molar-refractivity contribution < 1.29 is 0 Å². The fourth-order valence-corrected chi connectivity index (χ4v) is 3.85. The van der Waals surface area contributed by atoms with Crippen LogP contribution in [0.5, 0.6) is 0 Å². The fourth-order valence-electron chi connectivity index (χ4n) is 2.44. The molecule has 0 atom stereocenters. The molecule has 18 heavy (non-hydrogen) atoms. The first kappa shape index (κ1) is 10.4. The molecule has 0 spiro atoms. The Labute approximate surface area is 113 Å². The van der Waals surface area contributed by atoms with Gasteiger partial charge in [0.05, 0.1) is 0 Å². The van der Waals surface area contributed by atoms with Crippen molar-refractivity contribution in [2.75, 3.05) is 0 Å². The molecule has 0 aliphatic carbocycles. The van der Waals surface area contributed by atoms with Crippen LogP contribution in [-0.4, -0.2) is 0 Å². The molecule has 0 bridgehead atoms. The first-order valence-corrected chi connectivity index (χ1v) is 7.01. The van der Waals surface area contributed by atoms with E-state index in [1.165, 1.54) is 30.9 Å². The summed E-state index contributed by atoms with van der Waals surface area (Å²) in [4.78, 5) is 0. The summed E-state index contributed by atoms with van der Waals surface area (Å²) in [5.41, 5.74) is 0. The SMILES string of the molecule is Clc1ccc2c(c1)sc1cc3ccccc3cc12. The van der Waals surface area contributed by atoms with Gasteiger partial charge in [-0.15, -0.1) is 11.3 Å². The van der Waals surface area contributed by atoms with E-state index in [2.05, 4.69) is 42.5 Å². The third-order valence-corrected chi connectivity index (χ3v) is 4.65. The molecule has 0 radical (unpaired) electrons. The summed E-state index contributed by atoms with van der Waals surface area (Å²) in [6.45, 7) is 0. The molecule has 2 heteroatoms. The summed E-state index contributed by atoms with van der Waals surface area (Å²) < 4.78 is 2.58. The predicted molar refractivity (Wildman–Crippen MR) is 81.8 cm³/mol. The van der Waals surface area contributed by atoms with Crippen molar-refractivity contribution >= 4 is 53.9 Å². The van der Waals surface area contributed by atoms with Crippen molar-refractivity contribution in [2.24, 2.45) is 0 Å². The highest BCUT2D eigenvalue weighted by molar-refractivity contribution is 7.25. The maximum absolute atomic E-state index is 6.06. The average molecular weight is 269 g/mol. The minimum Gasteiger partial charge on any atom is -0.135 e. The smallest absolute Gasteiger partial charge is 0.0420 e. The lowest BCUT2D eigenvalue weighted by Crippen LogP contribution is -1.71. The number of halogens is 1. The Morgan fingerprint density at radius 3 is 2.28 bits per heavy atom. The van der Waals surface area contributed by atoms with Crippen molar-refractivity contribution in [3.05, 3.63) is 59.6 Å². The molecule has 4 aromatic rings. The Hall–Kier alpha value is -1.57. The third-order valence-electron chi connectivity index (χ3n) is 3.30. The molecule has 86 valence electrons. The predicted octanol–water partition coefficient (Wildman–Crippen LogP) is 5.86. The van der Waals surface area contributed by atoms with Gasteiger partial charge in [0, 0.05) is 25.2 Å². The van der Waals surface area contributed by atoms with Crippen molar-refractivity contribution in [1.29, 1.82) is 0 Å². The maximum atomic E-state index is 6.06. The molecule has 0 unspecified atom stereocenters. The van der Waals surface area contributed by atoms with Crippen LogP contribution >= 0.6 is 22.9 Å². The molecule has 0 saturated heterocycles. The summed E-state index contributed by atoms with van der Waals surface area (Å²) in [5.74, 6) is 0. The molecular weight excluding hydrogens is 260 g/mol. The number of hydrogen-bond acceptors (Lipinski definition) is 1. The zero-order valence-electron chi connectivity index (χ0n) is 9.48. The zero-order chi connectivity index (χ0) is 12.1. The Morgan fingerprint density at radius 1 is 0.722 bits per heavy atom. The number of rotatable bonds is 0. The largest absolute Gasteiger partial charge is 0.135 e. The van der Waals surface area contributed by atoms with Crippen LogP contribution in [-0.2, 0) is 0 Å². The highest BCUT2D eigenvalue weighted by atomic mass is 35.5. The molecule has 1 aromatic heterocycles. The lowest BCUT2D eigenvalue weighted by atomic mass is 10.1. The van der Waals surface area contributed by atoms with E-state index in [1.54, 1.807) is 11.3 Å². The summed E-state index contributed by atoms with van der Waals surface area (Å²) in [6, 6.07) is 19.2. The van der Waals surface area contributed by atoms with Gasteiger partial charge in [-0.3, -0.25) is 0 Å². The van der Waals surface area contributed by atoms with Crippen LogP contribution in [0.25, 0.3) is 30.9 Å². The fraction of sp³-hybridized carbons (Fsp3) is 0. The van der Waals surface area contributed by atoms with E-state index >= 15 is 0 Å². The Morgan fingerprint density at radius 2 is 1.44 bits per heavy atom. The summed E-state index contributed by atoms with van der Waals surface area (Å²) in [5, 5.41) is 6.01. The molecule has 0 fully saturated rings. The van der Waals surface area contributed by atoms with Crippen molar-refractivity contribution in [3.8, 4) is 0 Å².